The number of hydrogen-bond acceptors (Lipinski definition) is 8. The van der Waals surface area contributed by atoms with Crippen molar-refractivity contribution in [1.29, 1.82) is 0 Å². The summed E-state index contributed by atoms with van der Waals surface area (Å²) in [5.41, 5.74) is 2.81. The molecule has 1 aromatic carbocycles. The minimum Gasteiger partial charge on any atom is -0.354 e. The number of nitrogens with one attached hydrogen (secondary N) is 3. The minimum atomic E-state index is 0.115. The van der Waals surface area contributed by atoms with Crippen LogP contribution >= 0.6 is 11.8 Å². The van der Waals surface area contributed by atoms with Gasteiger partial charge in [0, 0.05) is 66.0 Å². The highest BCUT2D eigenvalue weighted by molar-refractivity contribution is 7.99. The van der Waals surface area contributed by atoms with Crippen LogP contribution in [0.5, 0.6) is 0 Å². The zero-order chi connectivity index (χ0) is 25.2. The van der Waals surface area contributed by atoms with Gasteiger partial charge in [0.05, 0.1) is 0 Å². The van der Waals surface area contributed by atoms with Crippen molar-refractivity contribution in [2.24, 2.45) is 5.92 Å². The molecule has 1 saturated carbocycles. The van der Waals surface area contributed by atoms with Crippen molar-refractivity contribution in [3.63, 3.8) is 0 Å². The molecule has 0 atom stereocenters. The number of benzene rings is 1. The normalized spacial score (nSPS) is 16.4. The summed E-state index contributed by atoms with van der Waals surface area (Å²) in [7, 11) is 0. The highest BCUT2D eigenvalue weighted by Crippen LogP contribution is 2.34. The zero-order valence-corrected chi connectivity index (χ0v) is 22.2. The molecule has 1 aliphatic heterocycles. The van der Waals surface area contributed by atoms with Gasteiger partial charge in [-0.2, -0.15) is 5.10 Å². The van der Waals surface area contributed by atoms with Crippen molar-refractivity contribution in [3.8, 4) is 0 Å². The number of aromatic amines is 1. The van der Waals surface area contributed by atoms with Gasteiger partial charge in [0.15, 0.2) is 11.0 Å². The minimum absolute atomic E-state index is 0.115. The van der Waals surface area contributed by atoms with Gasteiger partial charge >= 0.3 is 0 Å². The second-order valence-electron chi connectivity index (χ2n) is 9.87. The van der Waals surface area contributed by atoms with Gasteiger partial charge in [-0.1, -0.05) is 0 Å². The monoisotopic (exact) mass is 506 g/mol. The number of aromatic nitrogens is 4. The molecule has 36 heavy (non-hydrogen) atoms. The highest BCUT2D eigenvalue weighted by atomic mass is 32.2. The smallest absolute Gasteiger partial charge is 0.227 e. The molecular weight excluding hydrogens is 472 g/mol. The van der Waals surface area contributed by atoms with E-state index in [1.807, 2.05) is 37.3 Å². The van der Waals surface area contributed by atoms with Crippen molar-refractivity contribution >= 4 is 40.8 Å². The standard InChI is InChI=1S/C26H34N8OS/c1-16(2)33-11-13-34(14-12-33)24-18(4)23(28-22-15-17(3)31-32-22)29-26(30-24)36-21-9-7-20(8-10-21)27-25(35)19-5-6-19/h7-10,15-16,19H,5-6,11-14H2,1-4H3,(H,27,35)(H2,28,29,30,31,32). The lowest BCUT2D eigenvalue weighted by molar-refractivity contribution is -0.117. The van der Waals surface area contributed by atoms with Gasteiger partial charge in [0.25, 0.3) is 0 Å². The van der Waals surface area contributed by atoms with Gasteiger partial charge in [0.2, 0.25) is 5.91 Å². The molecule has 3 N–H and O–H groups in total. The maximum atomic E-state index is 12.1. The number of carbonyl (C=O) groups is 1. The first kappa shape index (κ1) is 24.6. The SMILES string of the molecule is Cc1cc(Nc2nc(Sc3ccc(NC(=O)C4CC4)cc3)nc(N3CCN(C(C)C)CC3)c2C)n[nH]1. The Balaban J connectivity index is 1.38. The maximum Gasteiger partial charge on any atom is 0.227 e. The van der Waals surface area contributed by atoms with Gasteiger partial charge < -0.3 is 15.5 Å². The molecule has 10 heteroatoms. The molecular formula is C26H34N8OS. The zero-order valence-electron chi connectivity index (χ0n) is 21.3. The Hall–Kier alpha value is -3.11. The van der Waals surface area contributed by atoms with Crippen molar-refractivity contribution in [3.05, 3.63) is 41.6 Å². The van der Waals surface area contributed by atoms with Crippen LogP contribution in [-0.4, -0.2) is 63.2 Å². The van der Waals surface area contributed by atoms with E-state index in [-0.39, 0.29) is 11.8 Å². The third-order valence-corrected chi connectivity index (χ3v) is 7.55. The van der Waals surface area contributed by atoms with Crippen LogP contribution in [0.15, 0.2) is 40.4 Å². The molecule has 9 nitrogen and oxygen atoms in total. The highest BCUT2D eigenvalue weighted by Gasteiger charge is 2.29. The fourth-order valence-corrected chi connectivity index (χ4v) is 5.07. The summed E-state index contributed by atoms with van der Waals surface area (Å²) in [5.74, 6) is 2.75. The summed E-state index contributed by atoms with van der Waals surface area (Å²) in [5, 5.41) is 14.4. The summed E-state index contributed by atoms with van der Waals surface area (Å²) in [4.78, 5) is 27.8. The second-order valence-corrected chi connectivity index (χ2v) is 10.9. The van der Waals surface area contributed by atoms with E-state index in [4.69, 9.17) is 9.97 Å². The van der Waals surface area contributed by atoms with Gasteiger partial charge in [-0.25, -0.2) is 9.97 Å². The molecule has 0 radical (unpaired) electrons. The summed E-state index contributed by atoms with van der Waals surface area (Å²) in [6.07, 6.45) is 1.99. The molecule has 3 aromatic rings. The summed E-state index contributed by atoms with van der Waals surface area (Å²) >= 11 is 1.52. The third-order valence-electron chi connectivity index (χ3n) is 6.68. The Morgan fingerprint density at radius 1 is 1.08 bits per heavy atom. The molecule has 3 heterocycles. The van der Waals surface area contributed by atoms with Crippen LogP contribution in [0.2, 0.25) is 0 Å². The first-order chi connectivity index (χ1) is 17.4. The second kappa shape index (κ2) is 10.5. The third kappa shape index (κ3) is 5.82. The maximum absolute atomic E-state index is 12.1. The lowest BCUT2D eigenvalue weighted by Gasteiger charge is -2.38. The lowest BCUT2D eigenvalue weighted by Crippen LogP contribution is -2.49. The van der Waals surface area contributed by atoms with Gasteiger partial charge in [-0.05, 0) is 76.6 Å². The van der Waals surface area contributed by atoms with Gasteiger partial charge in [-0.15, -0.1) is 0 Å². The van der Waals surface area contributed by atoms with Gasteiger partial charge in [-0.3, -0.25) is 14.8 Å². The molecule has 1 saturated heterocycles. The van der Waals surface area contributed by atoms with E-state index in [9.17, 15) is 4.79 Å². The Morgan fingerprint density at radius 3 is 2.42 bits per heavy atom. The van der Waals surface area contributed by atoms with Crippen LogP contribution in [0.1, 0.15) is 37.9 Å². The molecule has 2 aromatic heterocycles. The van der Waals surface area contributed by atoms with Crippen LogP contribution in [0, 0.1) is 19.8 Å². The summed E-state index contributed by atoms with van der Waals surface area (Å²) in [6, 6.07) is 10.4. The number of amides is 1. The van der Waals surface area contributed by atoms with Gasteiger partial charge in [0.1, 0.15) is 11.6 Å². The van der Waals surface area contributed by atoms with E-state index in [1.54, 1.807) is 0 Å². The van der Waals surface area contributed by atoms with E-state index >= 15 is 0 Å². The van der Waals surface area contributed by atoms with Crippen LogP contribution < -0.4 is 15.5 Å². The molecule has 2 aliphatic rings. The predicted molar refractivity (Wildman–Crippen MR) is 144 cm³/mol. The molecule has 0 bridgehead atoms. The van der Waals surface area contributed by atoms with E-state index in [0.717, 1.165) is 78.3 Å². The fraction of sp³-hybridized carbons (Fsp3) is 0.462. The Kier molecular flexibility index (Phi) is 7.15. The van der Waals surface area contributed by atoms with Crippen LogP contribution in [0.3, 0.4) is 0 Å². The average molecular weight is 507 g/mol. The van der Waals surface area contributed by atoms with E-state index < -0.39 is 0 Å². The Morgan fingerprint density at radius 2 is 1.81 bits per heavy atom. The molecule has 1 amide bonds. The molecule has 190 valence electrons. The number of H-pyrrole nitrogens is 1. The largest absolute Gasteiger partial charge is 0.354 e. The number of hydrogen-bond donors (Lipinski definition) is 3. The summed E-state index contributed by atoms with van der Waals surface area (Å²) in [6.45, 7) is 12.4. The Labute approximate surface area is 216 Å². The first-order valence-electron chi connectivity index (χ1n) is 12.6. The number of anilines is 4. The molecule has 0 unspecified atom stereocenters. The van der Waals surface area contributed by atoms with Crippen molar-refractivity contribution < 1.29 is 4.79 Å². The van der Waals surface area contributed by atoms with Crippen molar-refractivity contribution in [1.82, 2.24) is 25.1 Å². The molecule has 5 rings (SSSR count). The average Bonchev–Trinajstić information content (AvgIpc) is 3.64. The Bertz CT molecular complexity index is 1210. The van der Waals surface area contributed by atoms with Crippen LogP contribution in [0.4, 0.5) is 23.1 Å². The van der Waals surface area contributed by atoms with E-state index in [1.165, 1.54) is 11.8 Å². The number of rotatable bonds is 8. The van der Waals surface area contributed by atoms with Crippen molar-refractivity contribution in [2.45, 2.75) is 56.6 Å². The lowest BCUT2D eigenvalue weighted by atomic mass is 10.2. The number of aryl methyl sites for hydroxylation is 1. The van der Waals surface area contributed by atoms with Crippen molar-refractivity contribution in [2.75, 3.05) is 41.7 Å². The molecule has 1 aliphatic carbocycles. The fourth-order valence-electron chi connectivity index (χ4n) is 4.32. The van der Waals surface area contributed by atoms with E-state index in [0.29, 0.717) is 11.2 Å². The topological polar surface area (TPSA) is 102 Å². The number of nitrogens with zero attached hydrogens (tertiary/aromatic N) is 5. The van der Waals surface area contributed by atoms with Crippen LogP contribution in [-0.2, 0) is 4.79 Å². The predicted octanol–water partition coefficient (Wildman–Crippen LogP) is 4.59. The van der Waals surface area contributed by atoms with E-state index in [2.05, 4.69) is 51.4 Å². The number of piperazine rings is 1. The summed E-state index contributed by atoms with van der Waals surface area (Å²) < 4.78 is 0. The first-order valence-corrected chi connectivity index (χ1v) is 13.4. The molecule has 0 spiro atoms. The van der Waals surface area contributed by atoms with Crippen LogP contribution in [0.25, 0.3) is 0 Å². The quantitative estimate of drug-likeness (QED) is 0.381. The number of carbonyl (C=O) groups excluding carboxylic acids is 1. The molecule has 2 fully saturated rings.